The Morgan fingerprint density at radius 1 is 1.12 bits per heavy atom. The lowest BCUT2D eigenvalue weighted by atomic mass is 10.2. The molecule has 0 radical (unpaired) electrons. The monoisotopic (exact) mass is 328 g/mol. The standard InChI is InChI=1S/C18H20N2O4/c1-13(11-24-12-14-6-3-2-4-7-14)10-19-17(21)15-8-5-9-16(20-15)18(22)23/h2-9,13H,10-12H2,1H3,(H,19,21)(H,22,23). The van der Waals surface area contributed by atoms with Crippen LogP contribution in [0.2, 0.25) is 0 Å². The molecule has 1 aromatic carbocycles. The minimum atomic E-state index is -1.16. The van der Waals surface area contributed by atoms with Crippen LogP contribution in [0.4, 0.5) is 0 Å². The van der Waals surface area contributed by atoms with Crippen LogP contribution in [-0.2, 0) is 11.3 Å². The first-order chi connectivity index (χ1) is 11.6. The van der Waals surface area contributed by atoms with Crippen LogP contribution in [0.15, 0.2) is 48.5 Å². The summed E-state index contributed by atoms with van der Waals surface area (Å²) in [7, 11) is 0. The van der Waals surface area contributed by atoms with Crippen molar-refractivity contribution in [3.05, 3.63) is 65.5 Å². The SMILES string of the molecule is CC(CNC(=O)c1cccc(C(=O)O)n1)COCc1ccccc1. The molecule has 2 aromatic rings. The molecule has 0 fully saturated rings. The van der Waals surface area contributed by atoms with Gasteiger partial charge < -0.3 is 15.2 Å². The summed E-state index contributed by atoms with van der Waals surface area (Å²) in [6.45, 7) is 3.43. The normalized spacial score (nSPS) is 11.7. The van der Waals surface area contributed by atoms with Crippen LogP contribution in [0, 0.1) is 5.92 Å². The van der Waals surface area contributed by atoms with E-state index in [4.69, 9.17) is 9.84 Å². The molecule has 0 aliphatic carbocycles. The topological polar surface area (TPSA) is 88.5 Å². The number of aromatic carboxylic acids is 1. The Morgan fingerprint density at radius 3 is 2.54 bits per heavy atom. The van der Waals surface area contributed by atoms with Crippen LogP contribution in [0.1, 0.15) is 33.5 Å². The van der Waals surface area contributed by atoms with Crippen molar-refractivity contribution in [3.63, 3.8) is 0 Å². The predicted octanol–water partition coefficient (Wildman–Crippen LogP) is 2.36. The Balaban J connectivity index is 1.75. The van der Waals surface area contributed by atoms with Gasteiger partial charge in [0.25, 0.3) is 5.91 Å². The maximum Gasteiger partial charge on any atom is 0.354 e. The van der Waals surface area contributed by atoms with Crippen molar-refractivity contribution >= 4 is 11.9 Å². The first-order valence-corrected chi connectivity index (χ1v) is 7.66. The van der Waals surface area contributed by atoms with Crippen LogP contribution in [0.25, 0.3) is 0 Å². The van der Waals surface area contributed by atoms with Crippen molar-refractivity contribution in [1.82, 2.24) is 10.3 Å². The zero-order valence-electron chi connectivity index (χ0n) is 13.4. The summed E-state index contributed by atoms with van der Waals surface area (Å²) in [6, 6.07) is 14.2. The number of amides is 1. The van der Waals surface area contributed by atoms with Gasteiger partial charge in [-0.3, -0.25) is 4.79 Å². The molecule has 6 nitrogen and oxygen atoms in total. The van der Waals surface area contributed by atoms with Crippen molar-refractivity contribution < 1.29 is 19.4 Å². The number of ether oxygens (including phenoxy) is 1. The number of nitrogens with one attached hydrogen (secondary N) is 1. The molecule has 1 heterocycles. The molecule has 24 heavy (non-hydrogen) atoms. The first kappa shape index (κ1) is 17.6. The summed E-state index contributed by atoms with van der Waals surface area (Å²) >= 11 is 0. The van der Waals surface area contributed by atoms with Crippen molar-refractivity contribution in [3.8, 4) is 0 Å². The molecule has 1 amide bonds. The molecule has 1 aromatic heterocycles. The highest BCUT2D eigenvalue weighted by Crippen LogP contribution is 2.04. The summed E-state index contributed by atoms with van der Waals surface area (Å²) in [4.78, 5) is 26.7. The van der Waals surface area contributed by atoms with Crippen LogP contribution >= 0.6 is 0 Å². The lowest BCUT2D eigenvalue weighted by Crippen LogP contribution is -2.30. The number of carboxylic acids is 1. The van der Waals surface area contributed by atoms with E-state index in [1.165, 1.54) is 18.2 Å². The third-order valence-corrected chi connectivity index (χ3v) is 3.33. The van der Waals surface area contributed by atoms with Gasteiger partial charge in [-0.1, -0.05) is 43.3 Å². The summed E-state index contributed by atoms with van der Waals surface area (Å²) in [5.41, 5.74) is 1.04. The van der Waals surface area contributed by atoms with Crippen molar-refractivity contribution in [2.75, 3.05) is 13.2 Å². The predicted molar refractivity (Wildman–Crippen MR) is 88.8 cm³/mol. The summed E-state index contributed by atoms with van der Waals surface area (Å²) < 4.78 is 5.63. The molecule has 0 saturated carbocycles. The fourth-order valence-electron chi connectivity index (χ4n) is 2.05. The van der Waals surface area contributed by atoms with Gasteiger partial charge in [0.05, 0.1) is 13.2 Å². The average molecular weight is 328 g/mol. The van der Waals surface area contributed by atoms with E-state index in [2.05, 4.69) is 10.3 Å². The fraction of sp³-hybridized carbons (Fsp3) is 0.278. The Labute approximate surface area is 140 Å². The lowest BCUT2D eigenvalue weighted by Gasteiger charge is -2.13. The van der Waals surface area contributed by atoms with Crippen molar-refractivity contribution in [1.29, 1.82) is 0 Å². The average Bonchev–Trinajstić information content (AvgIpc) is 2.60. The molecule has 0 saturated heterocycles. The minimum absolute atomic E-state index is 0.0901. The van der Waals surface area contributed by atoms with Crippen molar-refractivity contribution in [2.24, 2.45) is 5.92 Å². The largest absolute Gasteiger partial charge is 0.477 e. The molecule has 126 valence electrons. The van der Waals surface area contributed by atoms with Gasteiger partial charge in [-0.2, -0.15) is 0 Å². The minimum Gasteiger partial charge on any atom is -0.477 e. The third-order valence-electron chi connectivity index (χ3n) is 3.33. The first-order valence-electron chi connectivity index (χ1n) is 7.66. The van der Waals surface area contributed by atoms with Gasteiger partial charge in [0.2, 0.25) is 0 Å². The van der Waals surface area contributed by atoms with Gasteiger partial charge in [-0.25, -0.2) is 9.78 Å². The van der Waals surface area contributed by atoms with E-state index in [9.17, 15) is 9.59 Å². The molecule has 0 spiro atoms. The number of carbonyl (C=O) groups excluding carboxylic acids is 1. The zero-order valence-corrected chi connectivity index (χ0v) is 13.4. The number of carbonyl (C=O) groups is 2. The number of aromatic nitrogens is 1. The van der Waals surface area contributed by atoms with Crippen LogP contribution in [0.3, 0.4) is 0 Å². The number of pyridine rings is 1. The summed E-state index contributed by atoms with van der Waals surface area (Å²) in [5.74, 6) is -1.43. The third kappa shape index (κ3) is 5.48. The molecule has 0 bridgehead atoms. The Morgan fingerprint density at radius 2 is 1.83 bits per heavy atom. The van der Waals surface area contributed by atoms with Gasteiger partial charge in [-0.05, 0) is 23.6 Å². The second kappa shape index (κ2) is 8.79. The highest BCUT2D eigenvalue weighted by atomic mass is 16.5. The van der Waals surface area contributed by atoms with Gasteiger partial charge in [0.1, 0.15) is 11.4 Å². The molecular formula is C18H20N2O4. The molecule has 0 aliphatic heterocycles. The second-order valence-corrected chi connectivity index (χ2v) is 5.53. The van der Waals surface area contributed by atoms with E-state index in [1.807, 2.05) is 37.3 Å². The zero-order chi connectivity index (χ0) is 17.4. The molecule has 1 atom stereocenters. The Hall–Kier alpha value is -2.73. The lowest BCUT2D eigenvalue weighted by molar-refractivity contribution is 0.0690. The quantitative estimate of drug-likeness (QED) is 0.776. The molecule has 1 unspecified atom stereocenters. The Bertz CT molecular complexity index is 688. The van der Waals surface area contributed by atoms with Crippen molar-refractivity contribution in [2.45, 2.75) is 13.5 Å². The maximum absolute atomic E-state index is 12.0. The number of nitrogens with zero attached hydrogens (tertiary/aromatic N) is 1. The highest BCUT2D eigenvalue weighted by Gasteiger charge is 2.12. The van der Waals surface area contributed by atoms with E-state index < -0.39 is 11.9 Å². The van der Waals surface area contributed by atoms with Gasteiger partial charge in [-0.15, -0.1) is 0 Å². The maximum atomic E-state index is 12.0. The molecule has 6 heteroatoms. The smallest absolute Gasteiger partial charge is 0.354 e. The van der Waals surface area contributed by atoms with E-state index in [-0.39, 0.29) is 17.3 Å². The second-order valence-electron chi connectivity index (χ2n) is 5.53. The Kier molecular flexibility index (Phi) is 6.45. The number of rotatable bonds is 8. The van der Waals surface area contributed by atoms with Gasteiger partial charge in [0, 0.05) is 6.54 Å². The van der Waals surface area contributed by atoms with Gasteiger partial charge >= 0.3 is 5.97 Å². The molecule has 2 N–H and O–H groups in total. The summed E-state index contributed by atoms with van der Waals surface area (Å²) in [5, 5.41) is 11.6. The van der Waals surface area contributed by atoms with E-state index in [0.717, 1.165) is 5.56 Å². The number of carboxylic acid groups (broad SMARTS) is 1. The molecule has 2 rings (SSSR count). The highest BCUT2D eigenvalue weighted by molar-refractivity contribution is 5.94. The number of hydrogen-bond acceptors (Lipinski definition) is 4. The number of hydrogen-bond donors (Lipinski definition) is 2. The fourth-order valence-corrected chi connectivity index (χ4v) is 2.05. The van der Waals surface area contributed by atoms with Crippen LogP contribution < -0.4 is 5.32 Å². The summed E-state index contributed by atoms with van der Waals surface area (Å²) in [6.07, 6.45) is 0. The molecular weight excluding hydrogens is 308 g/mol. The van der Waals surface area contributed by atoms with Crippen LogP contribution in [0.5, 0.6) is 0 Å². The van der Waals surface area contributed by atoms with E-state index >= 15 is 0 Å². The van der Waals surface area contributed by atoms with Gasteiger partial charge in [0.15, 0.2) is 0 Å². The van der Waals surface area contributed by atoms with E-state index in [1.54, 1.807) is 0 Å². The number of benzene rings is 1. The molecule has 0 aliphatic rings. The van der Waals surface area contributed by atoms with E-state index in [0.29, 0.717) is 19.8 Å². The van der Waals surface area contributed by atoms with Crippen LogP contribution in [-0.4, -0.2) is 35.1 Å².